The Morgan fingerprint density at radius 2 is 1.69 bits per heavy atom. The molecule has 3 rings (SSSR count). The highest BCUT2D eigenvalue weighted by molar-refractivity contribution is 5.98. The lowest BCUT2D eigenvalue weighted by Gasteiger charge is -2.37. The Balaban J connectivity index is 1.96. The molecule has 2 fully saturated rings. The van der Waals surface area contributed by atoms with Gasteiger partial charge in [0, 0.05) is 19.5 Å². The highest BCUT2D eigenvalue weighted by Gasteiger charge is 2.39. The standard InChI is InChI=1S/C26H36N8O8/c27-26(28)29-8-4-7-16-22(38)30-13-20(35)31-17(12-21(36)37)23(39)33-18(11-15-5-2-1-3-6-15)25(41)34-9-10-42-14-19(34)24(40)32-16/h1-3,5-6,16-19H,4,7-14H2,(H,30,38)(H,31,35)(H,32,40)(H,33,39)(H,36,37)(H4,27,28,29). The van der Waals surface area contributed by atoms with E-state index >= 15 is 0 Å². The average Bonchev–Trinajstić information content (AvgIpc) is 2.96. The molecule has 1 aromatic rings. The Labute approximate surface area is 241 Å². The van der Waals surface area contributed by atoms with Crippen molar-refractivity contribution in [2.24, 2.45) is 16.5 Å². The van der Waals surface area contributed by atoms with E-state index in [9.17, 15) is 33.9 Å². The van der Waals surface area contributed by atoms with E-state index in [1.165, 1.54) is 4.90 Å². The first kappa shape index (κ1) is 31.8. The summed E-state index contributed by atoms with van der Waals surface area (Å²) in [6, 6.07) is 3.78. The van der Waals surface area contributed by atoms with Crippen LogP contribution >= 0.6 is 0 Å². The highest BCUT2D eigenvalue weighted by atomic mass is 16.5. The Morgan fingerprint density at radius 3 is 2.38 bits per heavy atom. The molecule has 4 unspecified atom stereocenters. The van der Waals surface area contributed by atoms with Crippen LogP contribution in [-0.4, -0.2) is 108 Å². The summed E-state index contributed by atoms with van der Waals surface area (Å²) in [5.41, 5.74) is 11.4. The minimum Gasteiger partial charge on any atom is -0.481 e. The summed E-state index contributed by atoms with van der Waals surface area (Å²) in [6.07, 6.45) is -0.357. The van der Waals surface area contributed by atoms with E-state index in [-0.39, 0.29) is 45.1 Å². The SMILES string of the molecule is NC(N)=NCCCC1NC(=O)C2COCCN2C(=O)C(Cc2ccccc2)NC(=O)C(CC(=O)O)NC(=O)CNC1=O. The van der Waals surface area contributed by atoms with Crippen molar-refractivity contribution in [2.75, 3.05) is 32.8 Å². The number of ether oxygens (including phenoxy) is 1. The van der Waals surface area contributed by atoms with E-state index in [1.807, 2.05) is 0 Å². The summed E-state index contributed by atoms with van der Waals surface area (Å²) in [5, 5.41) is 19.3. The lowest BCUT2D eigenvalue weighted by Crippen LogP contribution is -2.62. The predicted molar refractivity (Wildman–Crippen MR) is 147 cm³/mol. The summed E-state index contributed by atoms with van der Waals surface area (Å²) in [4.78, 5) is 82.8. The second-order valence-electron chi connectivity index (χ2n) is 9.82. The number of morpholine rings is 1. The normalized spacial score (nSPS) is 24.1. The topological polar surface area (TPSA) is 248 Å². The number of carboxylic acids is 1. The fourth-order valence-electron chi connectivity index (χ4n) is 4.57. The highest BCUT2D eigenvalue weighted by Crippen LogP contribution is 2.14. The summed E-state index contributed by atoms with van der Waals surface area (Å²) in [5.74, 6) is -5.26. The zero-order chi connectivity index (χ0) is 30.6. The quantitative estimate of drug-likeness (QED) is 0.0899. The second kappa shape index (κ2) is 15.3. The monoisotopic (exact) mass is 588 g/mol. The molecule has 9 N–H and O–H groups in total. The van der Waals surface area contributed by atoms with Crippen LogP contribution in [0.25, 0.3) is 0 Å². The van der Waals surface area contributed by atoms with E-state index in [4.69, 9.17) is 16.2 Å². The van der Waals surface area contributed by atoms with Gasteiger partial charge in [-0.25, -0.2) is 0 Å². The van der Waals surface area contributed by atoms with Crippen LogP contribution in [0, 0.1) is 0 Å². The van der Waals surface area contributed by atoms with Crippen molar-refractivity contribution in [3.8, 4) is 0 Å². The minimum atomic E-state index is -1.54. The number of carbonyl (C=O) groups excluding carboxylic acids is 5. The van der Waals surface area contributed by atoms with Crippen LogP contribution in [0.2, 0.25) is 0 Å². The van der Waals surface area contributed by atoms with Crippen LogP contribution in [0.1, 0.15) is 24.8 Å². The first-order chi connectivity index (χ1) is 20.0. The van der Waals surface area contributed by atoms with Crippen molar-refractivity contribution in [3.05, 3.63) is 35.9 Å². The predicted octanol–water partition coefficient (Wildman–Crippen LogP) is -3.43. The van der Waals surface area contributed by atoms with Gasteiger partial charge < -0.3 is 47.5 Å². The number of hydrogen-bond acceptors (Lipinski definition) is 8. The van der Waals surface area contributed by atoms with Crippen molar-refractivity contribution in [1.82, 2.24) is 26.2 Å². The van der Waals surface area contributed by atoms with Crippen LogP contribution in [-0.2, 0) is 39.9 Å². The lowest BCUT2D eigenvalue weighted by atomic mass is 10.0. The molecule has 228 valence electrons. The number of fused-ring (bicyclic) bond motifs is 1. The van der Waals surface area contributed by atoms with Crippen molar-refractivity contribution >= 4 is 41.5 Å². The molecule has 42 heavy (non-hydrogen) atoms. The third-order valence-corrected chi connectivity index (χ3v) is 6.64. The maximum absolute atomic E-state index is 13.9. The molecule has 0 aromatic heterocycles. The summed E-state index contributed by atoms with van der Waals surface area (Å²) in [7, 11) is 0. The number of benzene rings is 1. The molecule has 2 saturated heterocycles. The molecule has 2 aliphatic rings. The van der Waals surface area contributed by atoms with Gasteiger partial charge in [0.2, 0.25) is 29.5 Å². The number of nitrogens with one attached hydrogen (secondary N) is 4. The number of aliphatic imine (C=N–C) groups is 1. The number of aliphatic carboxylic acids is 1. The van der Waals surface area contributed by atoms with Crippen LogP contribution in [0.15, 0.2) is 35.3 Å². The number of nitrogens with two attached hydrogens (primary N) is 2. The molecular formula is C26H36N8O8. The molecule has 1 aromatic carbocycles. The Bertz CT molecular complexity index is 1190. The van der Waals surface area contributed by atoms with E-state index in [0.29, 0.717) is 12.0 Å². The second-order valence-corrected chi connectivity index (χ2v) is 9.82. The van der Waals surface area contributed by atoms with E-state index in [1.54, 1.807) is 30.3 Å². The fourth-order valence-corrected chi connectivity index (χ4v) is 4.57. The lowest BCUT2D eigenvalue weighted by molar-refractivity contribution is -0.151. The van der Waals surface area contributed by atoms with Crippen molar-refractivity contribution in [3.63, 3.8) is 0 Å². The number of guanidine groups is 1. The molecule has 0 saturated carbocycles. The molecule has 0 radical (unpaired) electrons. The van der Waals surface area contributed by atoms with Crippen molar-refractivity contribution < 1.29 is 38.6 Å². The zero-order valence-corrected chi connectivity index (χ0v) is 22.9. The molecule has 0 spiro atoms. The van der Waals surface area contributed by atoms with Crippen LogP contribution in [0.5, 0.6) is 0 Å². The molecule has 16 heteroatoms. The van der Waals surface area contributed by atoms with Crippen LogP contribution in [0.3, 0.4) is 0 Å². The van der Waals surface area contributed by atoms with Gasteiger partial charge in [-0.05, 0) is 18.4 Å². The van der Waals surface area contributed by atoms with Gasteiger partial charge in [-0.2, -0.15) is 0 Å². The van der Waals surface area contributed by atoms with Crippen molar-refractivity contribution in [1.29, 1.82) is 0 Å². The molecule has 5 amide bonds. The number of carbonyl (C=O) groups is 6. The number of hydrogen-bond donors (Lipinski definition) is 7. The number of nitrogens with zero attached hydrogens (tertiary/aromatic N) is 2. The van der Waals surface area contributed by atoms with Gasteiger partial charge in [-0.1, -0.05) is 30.3 Å². The Kier molecular flexibility index (Phi) is 11.6. The van der Waals surface area contributed by atoms with Gasteiger partial charge in [-0.15, -0.1) is 0 Å². The van der Waals surface area contributed by atoms with Crippen LogP contribution in [0.4, 0.5) is 0 Å². The average molecular weight is 589 g/mol. The van der Waals surface area contributed by atoms with Gasteiger partial charge in [-0.3, -0.25) is 33.8 Å². The maximum Gasteiger partial charge on any atom is 0.305 e. The van der Waals surface area contributed by atoms with Gasteiger partial charge in [0.05, 0.1) is 26.2 Å². The van der Waals surface area contributed by atoms with Crippen LogP contribution < -0.4 is 32.7 Å². The largest absolute Gasteiger partial charge is 0.481 e. The third kappa shape index (κ3) is 9.43. The van der Waals surface area contributed by atoms with Gasteiger partial charge in [0.1, 0.15) is 24.2 Å². The van der Waals surface area contributed by atoms with Crippen molar-refractivity contribution in [2.45, 2.75) is 49.9 Å². The van der Waals surface area contributed by atoms with Gasteiger partial charge >= 0.3 is 5.97 Å². The molecule has 2 aliphatic heterocycles. The molecule has 2 heterocycles. The van der Waals surface area contributed by atoms with E-state index < -0.39 is 72.6 Å². The molecule has 16 nitrogen and oxygen atoms in total. The van der Waals surface area contributed by atoms with Gasteiger partial charge in [0.25, 0.3) is 0 Å². The first-order valence-electron chi connectivity index (χ1n) is 13.4. The summed E-state index contributed by atoms with van der Waals surface area (Å²) >= 11 is 0. The minimum absolute atomic E-state index is 0.0225. The summed E-state index contributed by atoms with van der Waals surface area (Å²) < 4.78 is 5.48. The smallest absolute Gasteiger partial charge is 0.305 e. The van der Waals surface area contributed by atoms with E-state index in [2.05, 4.69) is 26.3 Å². The number of carboxylic acid groups (broad SMARTS) is 1. The molecule has 4 atom stereocenters. The Morgan fingerprint density at radius 1 is 0.976 bits per heavy atom. The van der Waals surface area contributed by atoms with Gasteiger partial charge in [0.15, 0.2) is 5.96 Å². The third-order valence-electron chi connectivity index (χ3n) is 6.64. The molecule has 0 aliphatic carbocycles. The fraction of sp³-hybridized carbons (Fsp3) is 0.500. The Hall–Kier alpha value is -4.73. The first-order valence-corrected chi connectivity index (χ1v) is 13.4. The zero-order valence-electron chi connectivity index (χ0n) is 22.9. The molecular weight excluding hydrogens is 552 g/mol. The summed E-state index contributed by atoms with van der Waals surface area (Å²) in [6.45, 7) is -0.442. The molecule has 0 bridgehead atoms. The number of amides is 5. The number of rotatable bonds is 8. The maximum atomic E-state index is 13.9. The van der Waals surface area contributed by atoms with E-state index in [0.717, 1.165) is 0 Å².